The van der Waals surface area contributed by atoms with E-state index in [9.17, 15) is 4.79 Å². The molecule has 0 aromatic carbocycles. The summed E-state index contributed by atoms with van der Waals surface area (Å²) in [7, 11) is 0. The zero-order valence-electron chi connectivity index (χ0n) is 14.8. The van der Waals surface area contributed by atoms with E-state index in [-0.39, 0.29) is 12.3 Å². The van der Waals surface area contributed by atoms with Crippen molar-refractivity contribution in [1.82, 2.24) is 4.90 Å². The number of piperidine rings is 1. The van der Waals surface area contributed by atoms with Gasteiger partial charge in [0.2, 0.25) is 0 Å². The predicted molar refractivity (Wildman–Crippen MR) is 92.0 cm³/mol. The van der Waals surface area contributed by atoms with Crippen molar-refractivity contribution in [3.63, 3.8) is 0 Å². The van der Waals surface area contributed by atoms with Crippen LogP contribution in [0, 0.1) is 0 Å². The first kappa shape index (κ1) is 17.9. The Balaban J connectivity index is 1.86. The lowest BCUT2D eigenvalue weighted by atomic mass is 9.95. The number of likely N-dealkylation sites (tertiary alicyclic amines) is 1. The molecule has 0 N–H and O–H groups in total. The van der Waals surface area contributed by atoms with Crippen LogP contribution >= 0.6 is 0 Å². The Bertz CT molecular complexity index is 440. The highest BCUT2D eigenvalue weighted by atomic mass is 16.6. The SMILES string of the molecule is CC(C)(C)OC(=O)N1CCCCC1O/C=C/C=C1CCCCC1. The summed E-state index contributed by atoms with van der Waals surface area (Å²) < 4.78 is 11.3. The number of nitrogens with zero attached hydrogens (tertiary/aromatic N) is 1. The average molecular weight is 321 g/mol. The van der Waals surface area contributed by atoms with Gasteiger partial charge in [-0.15, -0.1) is 0 Å². The van der Waals surface area contributed by atoms with E-state index in [1.165, 1.54) is 37.7 Å². The molecule has 0 spiro atoms. The third kappa shape index (κ3) is 6.28. The molecule has 1 saturated heterocycles. The van der Waals surface area contributed by atoms with Gasteiger partial charge in [-0.05, 0) is 65.4 Å². The van der Waals surface area contributed by atoms with Crippen molar-refractivity contribution in [2.45, 2.75) is 84.0 Å². The minimum absolute atomic E-state index is 0.209. The zero-order chi connectivity index (χ0) is 16.7. The van der Waals surface area contributed by atoms with Gasteiger partial charge in [0.15, 0.2) is 6.23 Å². The Labute approximate surface area is 140 Å². The van der Waals surface area contributed by atoms with Crippen molar-refractivity contribution in [1.29, 1.82) is 0 Å². The third-order valence-corrected chi connectivity index (χ3v) is 4.22. The quantitative estimate of drug-likeness (QED) is 0.674. The summed E-state index contributed by atoms with van der Waals surface area (Å²) in [5.74, 6) is 0. The van der Waals surface area contributed by atoms with Gasteiger partial charge >= 0.3 is 6.09 Å². The van der Waals surface area contributed by atoms with Crippen molar-refractivity contribution in [2.75, 3.05) is 6.54 Å². The molecule has 1 amide bonds. The smallest absolute Gasteiger partial charge is 0.413 e. The molecule has 1 aliphatic carbocycles. The van der Waals surface area contributed by atoms with Gasteiger partial charge in [-0.2, -0.15) is 0 Å². The molecule has 2 fully saturated rings. The monoisotopic (exact) mass is 321 g/mol. The van der Waals surface area contributed by atoms with Gasteiger partial charge in [-0.3, -0.25) is 4.90 Å². The van der Waals surface area contributed by atoms with Gasteiger partial charge in [-0.1, -0.05) is 18.1 Å². The highest BCUT2D eigenvalue weighted by Crippen LogP contribution is 2.23. The number of allylic oxidation sites excluding steroid dienone is 3. The van der Waals surface area contributed by atoms with Crippen LogP contribution < -0.4 is 0 Å². The van der Waals surface area contributed by atoms with Gasteiger partial charge < -0.3 is 9.47 Å². The van der Waals surface area contributed by atoms with Gasteiger partial charge in [0.05, 0.1) is 6.26 Å². The fourth-order valence-corrected chi connectivity index (χ4v) is 3.06. The second kappa shape index (κ2) is 8.42. The summed E-state index contributed by atoms with van der Waals surface area (Å²) in [4.78, 5) is 14.0. The fraction of sp³-hybridized carbons (Fsp3) is 0.737. The topological polar surface area (TPSA) is 38.8 Å². The van der Waals surface area contributed by atoms with E-state index in [4.69, 9.17) is 9.47 Å². The van der Waals surface area contributed by atoms with Crippen LogP contribution in [0.5, 0.6) is 0 Å². The molecule has 1 unspecified atom stereocenters. The molecule has 0 aromatic heterocycles. The second-order valence-electron chi connectivity index (χ2n) is 7.47. The largest absolute Gasteiger partial charge is 0.478 e. The number of hydrogen-bond donors (Lipinski definition) is 0. The highest BCUT2D eigenvalue weighted by molar-refractivity contribution is 5.68. The summed E-state index contributed by atoms with van der Waals surface area (Å²) in [6.45, 7) is 6.37. The van der Waals surface area contributed by atoms with Crippen molar-refractivity contribution < 1.29 is 14.3 Å². The van der Waals surface area contributed by atoms with Crippen molar-refractivity contribution in [3.8, 4) is 0 Å². The number of amides is 1. The van der Waals surface area contributed by atoms with E-state index in [1.807, 2.05) is 26.8 Å². The Morgan fingerprint density at radius 1 is 1.13 bits per heavy atom. The fourth-order valence-electron chi connectivity index (χ4n) is 3.06. The number of rotatable bonds is 3. The lowest BCUT2D eigenvalue weighted by Gasteiger charge is -2.35. The van der Waals surface area contributed by atoms with Crippen molar-refractivity contribution >= 4 is 6.09 Å². The van der Waals surface area contributed by atoms with Crippen LogP contribution in [0.3, 0.4) is 0 Å². The summed E-state index contributed by atoms with van der Waals surface area (Å²) in [6, 6.07) is 0. The molecule has 1 atom stereocenters. The average Bonchev–Trinajstić information content (AvgIpc) is 2.51. The highest BCUT2D eigenvalue weighted by Gasteiger charge is 2.31. The molecule has 1 heterocycles. The van der Waals surface area contributed by atoms with E-state index in [0.29, 0.717) is 6.54 Å². The Kier molecular flexibility index (Phi) is 6.55. The number of ether oxygens (including phenoxy) is 2. The molecule has 0 bridgehead atoms. The van der Waals surface area contributed by atoms with E-state index in [0.717, 1.165) is 19.3 Å². The molecule has 1 saturated carbocycles. The van der Waals surface area contributed by atoms with Gasteiger partial charge in [0.25, 0.3) is 0 Å². The molecule has 130 valence electrons. The van der Waals surface area contributed by atoms with Crippen LogP contribution in [0.4, 0.5) is 4.79 Å². The molecule has 23 heavy (non-hydrogen) atoms. The van der Waals surface area contributed by atoms with E-state index in [2.05, 4.69) is 6.08 Å². The predicted octanol–water partition coefficient (Wildman–Crippen LogP) is 5.15. The number of carbonyl (C=O) groups is 1. The lowest BCUT2D eigenvalue weighted by molar-refractivity contribution is -0.0511. The summed E-state index contributed by atoms with van der Waals surface area (Å²) >= 11 is 0. The molecule has 1 aliphatic heterocycles. The molecule has 0 aromatic rings. The van der Waals surface area contributed by atoms with Crippen LogP contribution in [-0.2, 0) is 9.47 Å². The first-order chi connectivity index (χ1) is 11.0. The zero-order valence-corrected chi connectivity index (χ0v) is 14.8. The first-order valence-corrected chi connectivity index (χ1v) is 8.95. The maximum atomic E-state index is 12.3. The summed E-state index contributed by atoms with van der Waals surface area (Å²) in [6.07, 6.45) is 14.7. The molecule has 4 nitrogen and oxygen atoms in total. The van der Waals surface area contributed by atoms with Gasteiger partial charge in [-0.25, -0.2) is 4.79 Å². The van der Waals surface area contributed by atoms with Crippen LogP contribution in [0.15, 0.2) is 24.0 Å². The standard InChI is InChI=1S/C19H31NO3/c1-19(2,3)23-18(21)20-14-8-7-13-17(20)22-15-9-12-16-10-5-4-6-11-16/h9,12,15,17H,4-8,10-11,13-14H2,1-3H3/b15-9+. The van der Waals surface area contributed by atoms with Gasteiger partial charge in [0.1, 0.15) is 5.60 Å². The normalized spacial score (nSPS) is 23.0. The third-order valence-electron chi connectivity index (χ3n) is 4.22. The maximum absolute atomic E-state index is 12.3. The van der Waals surface area contributed by atoms with Gasteiger partial charge in [0, 0.05) is 13.0 Å². The van der Waals surface area contributed by atoms with Crippen LogP contribution in [0.25, 0.3) is 0 Å². The van der Waals surface area contributed by atoms with Crippen LogP contribution in [0.1, 0.15) is 72.1 Å². The summed E-state index contributed by atoms with van der Waals surface area (Å²) in [5.41, 5.74) is 1.03. The minimum atomic E-state index is -0.472. The van der Waals surface area contributed by atoms with Crippen molar-refractivity contribution in [2.24, 2.45) is 0 Å². The van der Waals surface area contributed by atoms with E-state index in [1.54, 1.807) is 11.2 Å². The molecule has 0 radical (unpaired) electrons. The Morgan fingerprint density at radius 2 is 1.87 bits per heavy atom. The molecule has 4 heteroatoms. The molecule has 2 aliphatic rings. The lowest BCUT2D eigenvalue weighted by Crippen LogP contribution is -2.46. The van der Waals surface area contributed by atoms with E-state index < -0.39 is 5.60 Å². The maximum Gasteiger partial charge on any atom is 0.413 e. The second-order valence-corrected chi connectivity index (χ2v) is 7.47. The molecular formula is C19H31NO3. The Morgan fingerprint density at radius 3 is 2.57 bits per heavy atom. The minimum Gasteiger partial charge on any atom is -0.478 e. The summed E-state index contributed by atoms with van der Waals surface area (Å²) in [5, 5.41) is 0. The van der Waals surface area contributed by atoms with Crippen molar-refractivity contribution in [3.05, 3.63) is 24.0 Å². The number of hydrogen-bond acceptors (Lipinski definition) is 3. The first-order valence-electron chi connectivity index (χ1n) is 8.95. The molecule has 2 rings (SSSR count). The van der Waals surface area contributed by atoms with E-state index >= 15 is 0 Å². The number of carbonyl (C=O) groups excluding carboxylic acids is 1. The molecular weight excluding hydrogens is 290 g/mol. The van der Waals surface area contributed by atoms with Crippen LogP contribution in [-0.4, -0.2) is 29.4 Å². The van der Waals surface area contributed by atoms with Crippen LogP contribution in [0.2, 0.25) is 0 Å². The Hall–Kier alpha value is -1.45.